The van der Waals surface area contributed by atoms with Crippen molar-refractivity contribution in [2.24, 2.45) is 11.7 Å². The van der Waals surface area contributed by atoms with Gasteiger partial charge in [0.25, 0.3) is 0 Å². The highest BCUT2D eigenvalue weighted by atomic mass is 16.6. The van der Waals surface area contributed by atoms with Crippen LogP contribution in [0.5, 0.6) is 0 Å². The summed E-state index contributed by atoms with van der Waals surface area (Å²) in [6, 6.07) is 10.0. The molecule has 3 N–H and O–H groups in total. The second-order valence-corrected chi connectivity index (χ2v) is 8.37. The molecule has 1 atom stereocenters. The third-order valence-corrected chi connectivity index (χ3v) is 6.14. The van der Waals surface area contributed by atoms with Crippen molar-refractivity contribution < 1.29 is 14.3 Å². The van der Waals surface area contributed by atoms with Crippen LogP contribution in [0.3, 0.4) is 0 Å². The lowest BCUT2D eigenvalue weighted by molar-refractivity contribution is -0.136. The van der Waals surface area contributed by atoms with Crippen LogP contribution < -0.4 is 11.1 Å². The van der Waals surface area contributed by atoms with E-state index in [0.717, 1.165) is 44.3 Å². The number of rotatable bonds is 8. The fourth-order valence-corrected chi connectivity index (χ4v) is 4.27. The highest BCUT2D eigenvalue weighted by Crippen LogP contribution is 2.16. The molecule has 0 spiro atoms. The minimum atomic E-state index is -0.251. The van der Waals surface area contributed by atoms with E-state index < -0.39 is 0 Å². The van der Waals surface area contributed by atoms with Crippen LogP contribution >= 0.6 is 0 Å². The average molecular weight is 417 g/mol. The lowest BCUT2D eigenvalue weighted by Crippen LogP contribution is -2.48. The largest absolute Gasteiger partial charge is 0.445 e. The maximum atomic E-state index is 12.9. The highest BCUT2D eigenvalue weighted by Gasteiger charge is 2.28. The lowest BCUT2D eigenvalue weighted by Gasteiger charge is -2.34. The first-order chi connectivity index (χ1) is 14.7. The number of hydrogen-bond acceptors (Lipinski definition) is 5. The molecule has 166 valence electrons. The van der Waals surface area contributed by atoms with Gasteiger partial charge in [-0.15, -0.1) is 0 Å². The van der Waals surface area contributed by atoms with Gasteiger partial charge < -0.3 is 25.6 Å². The second-order valence-electron chi connectivity index (χ2n) is 8.37. The van der Waals surface area contributed by atoms with E-state index >= 15 is 0 Å². The standard InChI is InChI=1S/C23H36N4O3/c24-12-9-20(22(28)26-13-5-2-6-14-26)17-25-21-10-15-27(16-11-21)23(29)30-18-19-7-3-1-4-8-19/h1,3-4,7-8,20-21,25H,2,5-6,9-18,24H2/t20-/m0/s1. The smallest absolute Gasteiger partial charge is 0.410 e. The molecule has 1 aromatic rings. The predicted octanol–water partition coefficient (Wildman–Crippen LogP) is 2.35. The molecular weight excluding hydrogens is 380 g/mol. The summed E-state index contributed by atoms with van der Waals surface area (Å²) < 4.78 is 5.43. The number of nitrogens with one attached hydrogen (secondary N) is 1. The molecule has 2 saturated heterocycles. The molecule has 0 aromatic heterocycles. The van der Waals surface area contributed by atoms with Crippen molar-refractivity contribution in [3.8, 4) is 0 Å². The van der Waals surface area contributed by atoms with Gasteiger partial charge in [-0.25, -0.2) is 4.79 Å². The quantitative estimate of drug-likeness (QED) is 0.679. The number of amides is 2. The predicted molar refractivity (Wildman–Crippen MR) is 117 cm³/mol. The maximum Gasteiger partial charge on any atom is 0.410 e. The zero-order valence-corrected chi connectivity index (χ0v) is 17.9. The van der Waals surface area contributed by atoms with Crippen LogP contribution in [0.2, 0.25) is 0 Å². The molecular formula is C23H36N4O3. The Morgan fingerprint density at radius 1 is 1.03 bits per heavy atom. The zero-order valence-electron chi connectivity index (χ0n) is 17.9. The molecule has 0 saturated carbocycles. The van der Waals surface area contributed by atoms with Gasteiger partial charge in [0.1, 0.15) is 6.61 Å². The summed E-state index contributed by atoms with van der Waals surface area (Å²) in [6.07, 6.45) is 5.63. The fourth-order valence-electron chi connectivity index (χ4n) is 4.27. The summed E-state index contributed by atoms with van der Waals surface area (Å²) in [5.41, 5.74) is 6.76. The van der Waals surface area contributed by atoms with E-state index in [4.69, 9.17) is 10.5 Å². The van der Waals surface area contributed by atoms with Gasteiger partial charge in [-0.1, -0.05) is 30.3 Å². The summed E-state index contributed by atoms with van der Waals surface area (Å²) in [7, 11) is 0. The van der Waals surface area contributed by atoms with E-state index in [1.54, 1.807) is 4.90 Å². The van der Waals surface area contributed by atoms with Gasteiger partial charge in [0.15, 0.2) is 0 Å². The Bertz CT molecular complexity index is 656. The van der Waals surface area contributed by atoms with Crippen LogP contribution in [-0.2, 0) is 16.1 Å². The topological polar surface area (TPSA) is 87.9 Å². The first-order valence-corrected chi connectivity index (χ1v) is 11.3. The number of carbonyl (C=O) groups excluding carboxylic acids is 2. The molecule has 0 radical (unpaired) electrons. The molecule has 30 heavy (non-hydrogen) atoms. The Morgan fingerprint density at radius 3 is 2.40 bits per heavy atom. The van der Waals surface area contributed by atoms with Crippen LogP contribution in [0.25, 0.3) is 0 Å². The number of nitrogens with two attached hydrogens (primary N) is 1. The fraction of sp³-hybridized carbons (Fsp3) is 0.652. The van der Waals surface area contributed by atoms with Crippen LogP contribution in [0.15, 0.2) is 30.3 Å². The number of benzene rings is 1. The number of hydrogen-bond donors (Lipinski definition) is 2. The van der Waals surface area contributed by atoms with Gasteiger partial charge in [0.05, 0.1) is 5.92 Å². The number of likely N-dealkylation sites (tertiary alicyclic amines) is 2. The lowest BCUT2D eigenvalue weighted by atomic mass is 9.99. The van der Waals surface area contributed by atoms with E-state index in [2.05, 4.69) is 5.32 Å². The molecule has 7 nitrogen and oxygen atoms in total. The van der Waals surface area contributed by atoms with E-state index in [0.29, 0.717) is 45.2 Å². The Kier molecular flexibility index (Phi) is 8.96. The molecule has 3 rings (SSSR count). The SMILES string of the molecule is NCC[C@@H](CNC1CCN(C(=O)OCc2ccccc2)CC1)C(=O)N1CCCCC1. The van der Waals surface area contributed by atoms with Crippen molar-refractivity contribution in [2.75, 3.05) is 39.3 Å². The molecule has 2 fully saturated rings. The Balaban J connectivity index is 1.38. The summed E-state index contributed by atoms with van der Waals surface area (Å²) in [6.45, 7) is 4.59. The van der Waals surface area contributed by atoms with Gasteiger partial charge in [-0.05, 0) is 50.6 Å². The van der Waals surface area contributed by atoms with Gasteiger partial charge in [0.2, 0.25) is 5.91 Å². The van der Waals surface area contributed by atoms with Crippen molar-refractivity contribution in [1.82, 2.24) is 15.1 Å². The van der Waals surface area contributed by atoms with Crippen LogP contribution in [0.4, 0.5) is 4.79 Å². The number of ether oxygens (including phenoxy) is 1. The average Bonchev–Trinajstić information content (AvgIpc) is 2.81. The van der Waals surface area contributed by atoms with Crippen molar-refractivity contribution in [1.29, 1.82) is 0 Å². The molecule has 2 amide bonds. The van der Waals surface area contributed by atoms with E-state index in [1.165, 1.54) is 6.42 Å². The summed E-state index contributed by atoms with van der Waals surface area (Å²) >= 11 is 0. The molecule has 0 aliphatic carbocycles. The second kappa shape index (κ2) is 11.9. The van der Waals surface area contributed by atoms with Crippen molar-refractivity contribution >= 4 is 12.0 Å². The van der Waals surface area contributed by atoms with Crippen molar-refractivity contribution in [2.45, 2.75) is 51.2 Å². The highest BCUT2D eigenvalue weighted by molar-refractivity contribution is 5.79. The summed E-state index contributed by atoms with van der Waals surface area (Å²) in [5.74, 6) is 0.191. The Labute approximate surface area is 179 Å². The zero-order chi connectivity index (χ0) is 21.2. The van der Waals surface area contributed by atoms with Crippen molar-refractivity contribution in [3.05, 3.63) is 35.9 Å². The first-order valence-electron chi connectivity index (χ1n) is 11.3. The molecule has 7 heteroatoms. The first kappa shape index (κ1) is 22.6. The third kappa shape index (κ3) is 6.71. The summed E-state index contributed by atoms with van der Waals surface area (Å²) in [4.78, 5) is 29.0. The van der Waals surface area contributed by atoms with Crippen LogP contribution in [-0.4, -0.2) is 67.1 Å². The van der Waals surface area contributed by atoms with E-state index in [9.17, 15) is 9.59 Å². The number of carbonyl (C=O) groups is 2. The minimum Gasteiger partial charge on any atom is -0.445 e. The normalized spacial score (nSPS) is 18.8. The monoisotopic (exact) mass is 416 g/mol. The number of nitrogens with zero attached hydrogens (tertiary/aromatic N) is 2. The van der Waals surface area contributed by atoms with E-state index in [1.807, 2.05) is 35.2 Å². The molecule has 0 unspecified atom stereocenters. The minimum absolute atomic E-state index is 0.0537. The van der Waals surface area contributed by atoms with Crippen LogP contribution in [0.1, 0.15) is 44.1 Å². The molecule has 1 aromatic carbocycles. The Hall–Kier alpha value is -2.12. The Morgan fingerprint density at radius 2 is 1.73 bits per heavy atom. The van der Waals surface area contributed by atoms with Crippen LogP contribution in [0, 0.1) is 5.92 Å². The number of piperidine rings is 2. The molecule has 2 aliphatic heterocycles. The van der Waals surface area contributed by atoms with Crippen molar-refractivity contribution in [3.63, 3.8) is 0 Å². The van der Waals surface area contributed by atoms with E-state index in [-0.39, 0.29) is 17.9 Å². The van der Waals surface area contributed by atoms with Gasteiger partial charge in [-0.3, -0.25) is 4.79 Å². The molecule has 0 bridgehead atoms. The summed E-state index contributed by atoms with van der Waals surface area (Å²) in [5, 5.41) is 3.56. The maximum absolute atomic E-state index is 12.9. The molecule has 2 aliphatic rings. The van der Waals surface area contributed by atoms with Gasteiger partial charge in [0, 0.05) is 38.8 Å². The molecule has 2 heterocycles. The van der Waals surface area contributed by atoms with Gasteiger partial charge >= 0.3 is 6.09 Å². The third-order valence-electron chi connectivity index (χ3n) is 6.14. The van der Waals surface area contributed by atoms with Gasteiger partial charge in [-0.2, -0.15) is 0 Å².